The average molecular weight is 314 g/mol. The minimum absolute atomic E-state index is 0.130. The van der Waals surface area contributed by atoms with Gasteiger partial charge in [-0.2, -0.15) is 0 Å². The molecule has 3 aromatic rings. The number of fused-ring (bicyclic) bond motifs is 1. The number of aryl methyl sites for hydroxylation is 1. The fraction of sp³-hybridized carbons (Fsp3) is 0.0588. The monoisotopic (exact) mass is 314 g/mol. The molecule has 0 spiro atoms. The fourth-order valence-electron chi connectivity index (χ4n) is 2.31. The first-order chi connectivity index (χ1) is 10.9. The number of carbonyl (C=O) groups is 1. The Balaban J connectivity index is 1.96. The molecule has 0 saturated carbocycles. The maximum atomic E-state index is 13.6. The summed E-state index contributed by atoms with van der Waals surface area (Å²) < 4.78 is 26.4. The minimum atomic E-state index is -0.868. The van der Waals surface area contributed by atoms with Gasteiger partial charge in [-0.15, -0.1) is 0 Å². The van der Waals surface area contributed by atoms with E-state index in [0.29, 0.717) is 22.7 Å². The van der Waals surface area contributed by atoms with Crippen molar-refractivity contribution in [2.45, 2.75) is 6.92 Å². The molecule has 3 rings (SSSR count). The highest BCUT2D eigenvalue weighted by atomic mass is 19.1. The molecular weight excluding hydrogens is 302 g/mol. The molecule has 0 fully saturated rings. The molecule has 4 nitrogen and oxygen atoms in total. The van der Waals surface area contributed by atoms with Gasteiger partial charge in [0.1, 0.15) is 11.6 Å². The highest BCUT2D eigenvalue weighted by molar-refractivity contribution is 6.06. The molecule has 0 radical (unpaired) electrons. The van der Waals surface area contributed by atoms with E-state index in [-0.39, 0.29) is 16.7 Å². The lowest BCUT2D eigenvalue weighted by Crippen LogP contribution is -2.14. The Morgan fingerprint density at radius 2 is 1.87 bits per heavy atom. The first-order valence-corrected chi connectivity index (χ1v) is 6.84. The topological polar surface area (TPSA) is 62.0 Å². The molecule has 2 aromatic carbocycles. The molecular formula is C17H12F2N2O2. The van der Waals surface area contributed by atoms with Crippen LogP contribution in [-0.4, -0.2) is 10.9 Å². The third-order valence-electron chi connectivity index (χ3n) is 3.41. The van der Waals surface area contributed by atoms with Crippen LogP contribution in [0.25, 0.3) is 10.9 Å². The number of anilines is 1. The Kier molecular flexibility index (Phi) is 3.65. The number of nitrogens with one attached hydrogen (secondary N) is 2. The zero-order valence-electron chi connectivity index (χ0n) is 12.1. The average Bonchev–Trinajstić information content (AvgIpc) is 2.49. The van der Waals surface area contributed by atoms with Crippen LogP contribution in [0.4, 0.5) is 14.5 Å². The standard InChI is InChI=1S/C17H12F2N2O2/c1-9-6-16(22)12-7-10(2-4-14(12)20-9)17(23)21-15-5-3-11(18)8-13(15)19/h2-8H,1H3,(H,20,22)(H,21,23). The number of amides is 1. The molecule has 0 bridgehead atoms. The summed E-state index contributed by atoms with van der Waals surface area (Å²) in [5.74, 6) is -2.18. The van der Waals surface area contributed by atoms with E-state index in [1.165, 1.54) is 18.2 Å². The second-order valence-corrected chi connectivity index (χ2v) is 5.16. The molecule has 23 heavy (non-hydrogen) atoms. The summed E-state index contributed by atoms with van der Waals surface area (Å²) in [6.45, 7) is 1.76. The van der Waals surface area contributed by atoms with Crippen molar-refractivity contribution in [3.05, 3.63) is 75.6 Å². The van der Waals surface area contributed by atoms with Gasteiger partial charge in [0.25, 0.3) is 5.91 Å². The third kappa shape index (κ3) is 2.96. The van der Waals surface area contributed by atoms with E-state index in [9.17, 15) is 18.4 Å². The second kappa shape index (κ2) is 5.64. The van der Waals surface area contributed by atoms with Crippen LogP contribution < -0.4 is 10.7 Å². The van der Waals surface area contributed by atoms with Crippen LogP contribution in [0.5, 0.6) is 0 Å². The molecule has 6 heteroatoms. The van der Waals surface area contributed by atoms with Crippen LogP contribution in [-0.2, 0) is 0 Å². The zero-order chi connectivity index (χ0) is 16.6. The van der Waals surface area contributed by atoms with Gasteiger partial charge in [-0.3, -0.25) is 9.59 Å². The summed E-state index contributed by atoms with van der Waals surface area (Å²) in [6.07, 6.45) is 0. The summed E-state index contributed by atoms with van der Waals surface area (Å²) >= 11 is 0. The third-order valence-corrected chi connectivity index (χ3v) is 3.41. The quantitative estimate of drug-likeness (QED) is 0.762. The number of aromatic nitrogens is 1. The molecule has 1 amide bonds. The number of rotatable bonds is 2. The highest BCUT2D eigenvalue weighted by Gasteiger charge is 2.11. The van der Waals surface area contributed by atoms with Gasteiger partial charge in [0.05, 0.1) is 5.69 Å². The van der Waals surface area contributed by atoms with Crippen LogP contribution in [0.2, 0.25) is 0 Å². The Morgan fingerprint density at radius 3 is 2.61 bits per heavy atom. The number of aromatic amines is 1. The summed E-state index contributed by atoms with van der Waals surface area (Å²) in [5, 5.41) is 2.72. The largest absolute Gasteiger partial charge is 0.358 e. The summed E-state index contributed by atoms with van der Waals surface area (Å²) in [5.41, 5.74) is 1.19. The molecule has 116 valence electrons. The van der Waals surface area contributed by atoms with Crippen molar-refractivity contribution in [1.82, 2.24) is 4.98 Å². The van der Waals surface area contributed by atoms with Crippen molar-refractivity contribution in [3.8, 4) is 0 Å². The van der Waals surface area contributed by atoms with Crippen molar-refractivity contribution in [1.29, 1.82) is 0 Å². The predicted molar refractivity (Wildman–Crippen MR) is 83.6 cm³/mol. The minimum Gasteiger partial charge on any atom is -0.358 e. The number of pyridine rings is 1. The Morgan fingerprint density at radius 1 is 1.09 bits per heavy atom. The lowest BCUT2D eigenvalue weighted by Gasteiger charge is -2.07. The van der Waals surface area contributed by atoms with E-state index in [1.54, 1.807) is 13.0 Å². The van der Waals surface area contributed by atoms with Gasteiger partial charge in [-0.1, -0.05) is 0 Å². The van der Waals surface area contributed by atoms with Crippen molar-refractivity contribution in [2.75, 3.05) is 5.32 Å². The number of H-pyrrole nitrogens is 1. The molecule has 0 unspecified atom stereocenters. The summed E-state index contributed by atoms with van der Waals surface area (Å²) in [7, 11) is 0. The normalized spacial score (nSPS) is 10.7. The first kappa shape index (κ1) is 14.9. The van der Waals surface area contributed by atoms with E-state index in [0.717, 1.165) is 12.1 Å². The molecule has 0 aliphatic rings. The van der Waals surface area contributed by atoms with Crippen LogP contribution in [0.15, 0.2) is 47.3 Å². The zero-order valence-corrected chi connectivity index (χ0v) is 12.1. The van der Waals surface area contributed by atoms with Crippen LogP contribution in [0.3, 0.4) is 0 Å². The van der Waals surface area contributed by atoms with Gasteiger partial charge in [0, 0.05) is 34.3 Å². The van der Waals surface area contributed by atoms with Gasteiger partial charge >= 0.3 is 0 Å². The molecule has 2 N–H and O–H groups in total. The van der Waals surface area contributed by atoms with Crippen molar-refractivity contribution >= 4 is 22.5 Å². The fourth-order valence-corrected chi connectivity index (χ4v) is 2.31. The van der Waals surface area contributed by atoms with Crippen molar-refractivity contribution in [3.63, 3.8) is 0 Å². The lowest BCUT2D eigenvalue weighted by atomic mass is 10.1. The first-order valence-electron chi connectivity index (χ1n) is 6.84. The Bertz CT molecular complexity index is 980. The number of benzene rings is 2. The SMILES string of the molecule is Cc1cc(=O)c2cc(C(=O)Nc3ccc(F)cc3F)ccc2[nH]1. The maximum absolute atomic E-state index is 13.6. The molecule has 0 aliphatic carbocycles. The van der Waals surface area contributed by atoms with Gasteiger partial charge in [0.15, 0.2) is 5.43 Å². The number of halogens is 2. The smallest absolute Gasteiger partial charge is 0.255 e. The second-order valence-electron chi connectivity index (χ2n) is 5.16. The molecule has 0 aliphatic heterocycles. The lowest BCUT2D eigenvalue weighted by molar-refractivity contribution is 0.102. The summed E-state index contributed by atoms with van der Waals surface area (Å²) in [6, 6.07) is 8.87. The van der Waals surface area contributed by atoms with Crippen LogP contribution >= 0.6 is 0 Å². The summed E-state index contributed by atoms with van der Waals surface area (Å²) in [4.78, 5) is 27.2. The Labute approximate surface area is 129 Å². The predicted octanol–water partition coefficient (Wildman–Crippen LogP) is 3.37. The van der Waals surface area contributed by atoms with Crippen molar-refractivity contribution < 1.29 is 13.6 Å². The number of hydrogen-bond acceptors (Lipinski definition) is 2. The van der Waals surface area contributed by atoms with E-state index in [4.69, 9.17) is 0 Å². The number of hydrogen-bond donors (Lipinski definition) is 2. The maximum Gasteiger partial charge on any atom is 0.255 e. The molecule has 0 atom stereocenters. The highest BCUT2D eigenvalue weighted by Crippen LogP contribution is 2.17. The Hall–Kier alpha value is -3.02. The van der Waals surface area contributed by atoms with Gasteiger partial charge in [-0.25, -0.2) is 8.78 Å². The molecule has 0 saturated heterocycles. The van der Waals surface area contributed by atoms with Crippen LogP contribution in [0.1, 0.15) is 16.1 Å². The number of carbonyl (C=O) groups excluding carboxylic acids is 1. The van der Waals surface area contributed by atoms with E-state index < -0.39 is 17.5 Å². The molecule has 1 aromatic heterocycles. The van der Waals surface area contributed by atoms with Gasteiger partial charge in [-0.05, 0) is 37.3 Å². The molecule has 1 heterocycles. The van der Waals surface area contributed by atoms with E-state index in [1.807, 2.05) is 0 Å². The van der Waals surface area contributed by atoms with E-state index in [2.05, 4.69) is 10.3 Å². The van der Waals surface area contributed by atoms with Crippen molar-refractivity contribution in [2.24, 2.45) is 0 Å². The van der Waals surface area contributed by atoms with E-state index >= 15 is 0 Å². The van der Waals surface area contributed by atoms with Crippen LogP contribution in [0, 0.1) is 18.6 Å². The van der Waals surface area contributed by atoms with Gasteiger partial charge in [0.2, 0.25) is 0 Å². The van der Waals surface area contributed by atoms with Gasteiger partial charge < -0.3 is 10.3 Å².